The SMILES string of the molecule is CCN(C(=O)CCN(C)C)C(C)O. The highest BCUT2D eigenvalue weighted by atomic mass is 16.3. The highest BCUT2D eigenvalue weighted by molar-refractivity contribution is 5.76. The normalized spacial score (nSPS) is 13.1. The van der Waals surface area contributed by atoms with Gasteiger partial charge in [-0.15, -0.1) is 0 Å². The van der Waals surface area contributed by atoms with Gasteiger partial charge in [0.25, 0.3) is 0 Å². The molecule has 4 heteroatoms. The molecular formula is C9H20N2O2. The number of aliphatic hydroxyl groups is 1. The van der Waals surface area contributed by atoms with E-state index in [4.69, 9.17) is 0 Å². The smallest absolute Gasteiger partial charge is 0.225 e. The number of amides is 1. The lowest BCUT2D eigenvalue weighted by atomic mass is 10.3. The van der Waals surface area contributed by atoms with Gasteiger partial charge in [-0.2, -0.15) is 0 Å². The summed E-state index contributed by atoms with van der Waals surface area (Å²) in [4.78, 5) is 14.9. The topological polar surface area (TPSA) is 43.8 Å². The quantitative estimate of drug-likeness (QED) is 0.623. The van der Waals surface area contributed by atoms with Crippen molar-refractivity contribution < 1.29 is 9.90 Å². The Kier molecular flexibility index (Phi) is 5.66. The minimum absolute atomic E-state index is 0.00574. The van der Waals surface area contributed by atoms with Gasteiger partial charge in [-0.3, -0.25) is 4.79 Å². The lowest BCUT2D eigenvalue weighted by Crippen LogP contribution is -2.39. The van der Waals surface area contributed by atoms with Crippen LogP contribution in [0.15, 0.2) is 0 Å². The Morgan fingerprint density at radius 3 is 2.31 bits per heavy atom. The van der Waals surface area contributed by atoms with E-state index in [9.17, 15) is 9.90 Å². The second-order valence-corrected chi connectivity index (χ2v) is 3.36. The van der Waals surface area contributed by atoms with E-state index >= 15 is 0 Å². The fourth-order valence-electron chi connectivity index (χ4n) is 1.11. The molecule has 1 N–H and O–H groups in total. The molecule has 1 unspecified atom stereocenters. The van der Waals surface area contributed by atoms with E-state index in [0.717, 1.165) is 6.54 Å². The molecular weight excluding hydrogens is 168 g/mol. The molecule has 78 valence electrons. The Hall–Kier alpha value is -0.610. The van der Waals surface area contributed by atoms with Gasteiger partial charge < -0.3 is 14.9 Å². The van der Waals surface area contributed by atoms with Gasteiger partial charge in [-0.05, 0) is 27.9 Å². The lowest BCUT2D eigenvalue weighted by molar-refractivity contribution is -0.139. The maximum Gasteiger partial charge on any atom is 0.225 e. The molecule has 0 aromatic rings. The molecule has 0 spiro atoms. The zero-order chi connectivity index (χ0) is 10.4. The minimum atomic E-state index is -0.681. The van der Waals surface area contributed by atoms with Gasteiger partial charge in [0.1, 0.15) is 6.23 Å². The molecule has 0 saturated carbocycles. The summed E-state index contributed by atoms with van der Waals surface area (Å²) in [6, 6.07) is 0. The van der Waals surface area contributed by atoms with Crippen molar-refractivity contribution in [1.29, 1.82) is 0 Å². The fourth-order valence-corrected chi connectivity index (χ4v) is 1.11. The Morgan fingerprint density at radius 2 is 2.00 bits per heavy atom. The van der Waals surface area contributed by atoms with E-state index in [1.807, 2.05) is 25.9 Å². The molecule has 4 nitrogen and oxygen atoms in total. The zero-order valence-corrected chi connectivity index (χ0v) is 8.95. The largest absolute Gasteiger partial charge is 0.374 e. The van der Waals surface area contributed by atoms with E-state index in [2.05, 4.69) is 0 Å². The first-order valence-corrected chi connectivity index (χ1v) is 4.61. The minimum Gasteiger partial charge on any atom is -0.374 e. The second kappa shape index (κ2) is 5.94. The van der Waals surface area contributed by atoms with Gasteiger partial charge in [0.15, 0.2) is 0 Å². The molecule has 0 fully saturated rings. The van der Waals surface area contributed by atoms with Crippen molar-refractivity contribution in [3.05, 3.63) is 0 Å². The standard InChI is InChI=1S/C9H20N2O2/c1-5-11(8(2)12)9(13)6-7-10(3)4/h8,12H,5-7H2,1-4H3. The molecule has 0 heterocycles. The summed E-state index contributed by atoms with van der Waals surface area (Å²) in [5, 5.41) is 9.24. The van der Waals surface area contributed by atoms with E-state index in [0.29, 0.717) is 13.0 Å². The van der Waals surface area contributed by atoms with E-state index in [-0.39, 0.29) is 5.91 Å². The van der Waals surface area contributed by atoms with Crippen LogP contribution in [0.2, 0.25) is 0 Å². The third-order valence-electron chi connectivity index (χ3n) is 1.88. The third-order valence-corrected chi connectivity index (χ3v) is 1.88. The number of rotatable bonds is 5. The summed E-state index contributed by atoms with van der Waals surface area (Å²) >= 11 is 0. The predicted octanol–water partition coefficient (Wildman–Crippen LogP) is 0.125. The first-order chi connectivity index (χ1) is 5.99. The molecule has 1 amide bonds. The molecule has 0 aliphatic carbocycles. The molecule has 0 aromatic carbocycles. The van der Waals surface area contributed by atoms with Crippen molar-refractivity contribution in [3.63, 3.8) is 0 Å². The zero-order valence-electron chi connectivity index (χ0n) is 8.95. The Bertz CT molecular complexity index is 158. The van der Waals surface area contributed by atoms with Gasteiger partial charge >= 0.3 is 0 Å². The van der Waals surface area contributed by atoms with Crippen LogP contribution in [0.5, 0.6) is 0 Å². The number of hydrogen-bond donors (Lipinski definition) is 1. The third kappa shape index (κ3) is 4.85. The van der Waals surface area contributed by atoms with Crippen LogP contribution in [-0.2, 0) is 4.79 Å². The van der Waals surface area contributed by atoms with Crippen molar-refractivity contribution in [3.8, 4) is 0 Å². The van der Waals surface area contributed by atoms with Crippen molar-refractivity contribution in [2.24, 2.45) is 0 Å². The number of carbonyl (C=O) groups excluding carboxylic acids is 1. The van der Waals surface area contributed by atoms with Crippen LogP contribution in [-0.4, -0.2) is 54.2 Å². The number of carbonyl (C=O) groups is 1. The predicted molar refractivity (Wildman–Crippen MR) is 52.2 cm³/mol. The van der Waals surface area contributed by atoms with Gasteiger partial charge in [0.05, 0.1) is 0 Å². The van der Waals surface area contributed by atoms with E-state index < -0.39 is 6.23 Å². The first kappa shape index (κ1) is 12.4. The van der Waals surface area contributed by atoms with Crippen LogP contribution in [0.3, 0.4) is 0 Å². The van der Waals surface area contributed by atoms with Crippen LogP contribution in [0.25, 0.3) is 0 Å². The van der Waals surface area contributed by atoms with Crippen molar-refractivity contribution in [2.75, 3.05) is 27.2 Å². The highest BCUT2D eigenvalue weighted by Crippen LogP contribution is 1.99. The van der Waals surface area contributed by atoms with Gasteiger partial charge in [-0.1, -0.05) is 0 Å². The Labute approximate surface area is 80.1 Å². The number of hydrogen-bond acceptors (Lipinski definition) is 3. The Balaban J connectivity index is 3.92. The summed E-state index contributed by atoms with van der Waals surface area (Å²) in [5.41, 5.74) is 0. The molecule has 13 heavy (non-hydrogen) atoms. The highest BCUT2D eigenvalue weighted by Gasteiger charge is 2.15. The lowest BCUT2D eigenvalue weighted by Gasteiger charge is -2.24. The second-order valence-electron chi connectivity index (χ2n) is 3.36. The van der Waals surface area contributed by atoms with Crippen LogP contribution < -0.4 is 0 Å². The van der Waals surface area contributed by atoms with E-state index in [1.165, 1.54) is 4.90 Å². The Morgan fingerprint density at radius 1 is 1.46 bits per heavy atom. The summed E-state index contributed by atoms with van der Waals surface area (Å²) in [6.45, 7) is 4.75. The fraction of sp³-hybridized carbons (Fsp3) is 0.889. The summed E-state index contributed by atoms with van der Waals surface area (Å²) in [6.07, 6.45) is -0.217. The monoisotopic (exact) mass is 188 g/mol. The molecule has 0 rings (SSSR count). The molecule has 0 aliphatic heterocycles. The van der Waals surface area contributed by atoms with Crippen LogP contribution in [0, 0.1) is 0 Å². The van der Waals surface area contributed by atoms with Crippen LogP contribution in [0.1, 0.15) is 20.3 Å². The molecule has 1 atom stereocenters. The van der Waals surface area contributed by atoms with Gasteiger partial charge in [-0.25, -0.2) is 0 Å². The van der Waals surface area contributed by atoms with Crippen molar-refractivity contribution >= 4 is 5.91 Å². The molecule has 0 bridgehead atoms. The van der Waals surface area contributed by atoms with Gasteiger partial charge in [0, 0.05) is 19.5 Å². The first-order valence-electron chi connectivity index (χ1n) is 4.61. The van der Waals surface area contributed by atoms with Crippen LogP contribution in [0.4, 0.5) is 0 Å². The van der Waals surface area contributed by atoms with E-state index in [1.54, 1.807) is 6.92 Å². The number of aliphatic hydroxyl groups excluding tert-OH is 1. The van der Waals surface area contributed by atoms with Crippen LogP contribution >= 0.6 is 0 Å². The molecule has 0 radical (unpaired) electrons. The average Bonchev–Trinajstić information content (AvgIpc) is 2.01. The molecule has 0 saturated heterocycles. The molecule has 0 aromatic heterocycles. The van der Waals surface area contributed by atoms with Crippen molar-refractivity contribution in [1.82, 2.24) is 9.80 Å². The molecule has 0 aliphatic rings. The maximum atomic E-state index is 11.5. The summed E-state index contributed by atoms with van der Waals surface area (Å²) < 4.78 is 0. The summed E-state index contributed by atoms with van der Waals surface area (Å²) in [7, 11) is 3.85. The number of nitrogens with zero attached hydrogens (tertiary/aromatic N) is 2. The maximum absolute atomic E-state index is 11.5. The summed E-state index contributed by atoms with van der Waals surface area (Å²) in [5.74, 6) is 0.00574. The van der Waals surface area contributed by atoms with Gasteiger partial charge in [0.2, 0.25) is 5.91 Å². The van der Waals surface area contributed by atoms with Crippen molar-refractivity contribution in [2.45, 2.75) is 26.5 Å². The average molecular weight is 188 g/mol.